The van der Waals surface area contributed by atoms with Gasteiger partial charge in [0.25, 0.3) is 0 Å². The third-order valence-electron chi connectivity index (χ3n) is 3.12. The molecule has 0 aliphatic rings. The molecular weight excluding hydrogens is 308 g/mol. The Balaban J connectivity index is 2.00. The number of amides is 2. The molecule has 2 aromatic rings. The molecule has 0 fully saturated rings. The first kappa shape index (κ1) is 16.6. The Bertz CT molecular complexity index is 731. The van der Waals surface area contributed by atoms with Gasteiger partial charge in [0.2, 0.25) is 11.8 Å². The van der Waals surface area contributed by atoms with Gasteiger partial charge < -0.3 is 15.1 Å². The Morgan fingerprint density at radius 1 is 1.35 bits per heavy atom. The van der Waals surface area contributed by atoms with Crippen LogP contribution in [0.25, 0.3) is 11.3 Å². The molecule has 0 saturated carbocycles. The van der Waals surface area contributed by atoms with Gasteiger partial charge in [-0.3, -0.25) is 9.59 Å². The summed E-state index contributed by atoms with van der Waals surface area (Å²) in [6.07, 6.45) is 1.56. The molecule has 0 aliphatic heterocycles. The summed E-state index contributed by atoms with van der Waals surface area (Å²) in [5.74, 6) is -1.96. The quantitative estimate of drug-likeness (QED) is 0.872. The maximum atomic E-state index is 13.7. The van der Waals surface area contributed by atoms with E-state index in [2.05, 4.69) is 4.98 Å². The number of carbonyl (C=O) groups excluding carboxylic acids is 2. The highest BCUT2D eigenvalue weighted by molar-refractivity contribution is 5.83. The van der Waals surface area contributed by atoms with Crippen LogP contribution in [-0.4, -0.2) is 35.3 Å². The average molecular weight is 323 g/mol. The summed E-state index contributed by atoms with van der Waals surface area (Å²) >= 11 is 0. The van der Waals surface area contributed by atoms with E-state index in [0.29, 0.717) is 0 Å². The van der Waals surface area contributed by atoms with Crippen molar-refractivity contribution in [2.75, 3.05) is 13.6 Å². The van der Waals surface area contributed by atoms with E-state index in [1.165, 1.54) is 24.2 Å². The molecule has 1 heterocycles. The fraction of sp³-hybridized carbons (Fsp3) is 0.267. The van der Waals surface area contributed by atoms with E-state index in [4.69, 9.17) is 10.2 Å². The first-order chi connectivity index (χ1) is 10.9. The van der Waals surface area contributed by atoms with E-state index >= 15 is 0 Å². The molecule has 2 N–H and O–H groups in total. The maximum Gasteiger partial charge on any atom is 0.237 e. The van der Waals surface area contributed by atoms with E-state index < -0.39 is 17.5 Å². The zero-order valence-corrected chi connectivity index (χ0v) is 12.4. The van der Waals surface area contributed by atoms with Crippen molar-refractivity contribution in [1.29, 1.82) is 0 Å². The fourth-order valence-electron chi connectivity index (χ4n) is 1.97. The molecule has 1 aromatic carbocycles. The number of likely N-dealkylation sites (N-methyl/N-ethyl adjacent to an activating group) is 1. The van der Waals surface area contributed by atoms with Crippen LogP contribution in [0.15, 0.2) is 28.8 Å². The largest absolute Gasteiger partial charge is 0.441 e. The number of oxazole rings is 1. The van der Waals surface area contributed by atoms with E-state index in [0.717, 1.165) is 12.1 Å². The smallest absolute Gasteiger partial charge is 0.237 e. The monoisotopic (exact) mass is 323 g/mol. The van der Waals surface area contributed by atoms with E-state index in [9.17, 15) is 18.4 Å². The summed E-state index contributed by atoms with van der Waals surface area (Å²) in [6.45, 7) is -0.170. The summed E-state index contributed by atoms with van der Waals surface area (Å²) in [7, 11) is 1.46. The van der Waals surface area contributed by atoms with Crippen LogP contribution in [0.1, 0.15) is 12.3 Å². The summed E-state index contributed by atoms with van der Waals surface area (Å²) in [5, 5.41) is 0. The number of rotatable bonds is 6. The van der Waals surface area contributed by atoms with E-state index in [1.54, 1.807) is 0 Å². The number of halogens is 2. The molecule has 2 rings (SSSR count). The van der Waals surface area contributed by atoms with Crippen LogP contribution in [0.2, 0.25) is 0 Å². The van der Waals surface area contributed by atoms with Gasteiger partial charge >= 0.3 is 0 Å². The number of nitrogens with two attached hydrogens (primary N) is 1. The highest BCUT2D eigenvalue weighted by Crippen LogP contribution is 2.24. The molecule has 8 heteroatoms. The third-order valence-corrected chi connectivity index (χ3v) is 3.12. The molecule has 0 atom stereocenters. The highest BCUT2D eigenvalue weighted by Gasteiger charge is 2.15. The van der Waals surface area contributed by atoms with Gasteiger partial charge in [0, 0.05) is 26.0 Å². The standard InChI is InChI=1S/C15H15F2N3O3/c1-20(8-13(18)21)15(22)5-4-14-19-7-12(23-14)10-3-2-9(16)6-11(10)17/h2-3,6-7H,4-5,8H2,1H3,(H2,18,21). The Labute approximate surface area is 130 Å². The lowest BCUT2D eigenvalue weighted by atomic mass is 10.2. The number of benzene rings is 1. The number of aryl methyl sites for hydroxylation is 1. The van der Waals surface area contributed by atoms with Crippen molar-refractivity contribution in [2.24, 2.45) is 5.73 Å². The summed E-state index contributed by atoms with van der Waals surface area (Å²) in [5.41, 5.74) is 5.09. The van der Waals surface area contributed by atoms with Crippen LogP contribution in [0.3, 0.4) is 0 Å². The van der Waals surface area contributed by atoms with E-state index in [-0.39, 0.29) is 42.5 Å². The van der Waals surface area contributed by atoms with Gasteiger partial charge in [-0.2, -0.15) is 0 Å². The van der Waals surface area contributed by atoms with E-state index in [1.807, 2.05) is 0 Å². The Morgan fingerprint density at radius 3 is 2.74 bits per heavy atom. The lowest BCUT2D eigenvalue weighted by Crippen LogP contribution is -2.35. The van der Waals surface area contributed by atoms with Gasteiger partial charge in [0.1, 0.15) is 11.6 Å². The number of nitrogens with zero attached hydrogens (tertiary/aromatic N) is 2. The topological polar surface area (TPSA) is 89.4 Å². The van der Waals surface area contributed by atoms with Crippen LogP contribution < -0.4 is 5.73 Å². The van der Waals surface area contributed by atoms with Crippen LogP contribution in [0.5, 0.6) is 0 Å². The molecule has 1 aromatic heterocycles. The third kappa shape index (κ3) is 4.35. The fourth-order valence-corrected chi connectivity index (χ4v) is 1.97. The Hall–Kier alpha value is -2.77. The van der Waals surface area contributed by atoms with Crippen molar-refractivity contribution in [3.05, 3.63) is 41.9 Å². The predicted octanol–water partition coefficient (Wildman–Crippen LogP) is 1.50. The molecular formula is C15H15F2N3O3. The minimum atomic E-state index is -0.759. The first-order valence-electron chi connectivity index (χ1n) is 6.79. The molecule has 0 spiro atoms. The van der Waals surface area contributed by atoms with Crippen LogP contribution in [0.4, 0.5) is 8.78 Å². The second kappa shape index (κ2) is 6.99. The zero-order chi connectivity index (χ0) is 17.0. The minimum Gasteiger partial charge on any atom is -0.441 e. The number of primary amides is 1. The SMILES string of the molecule is CN(CC(N)=O)C(=O)CCc1ncc(-c2ccc(F)cc2F)o1. The summed E-state index contributed by atoms with van der Waals surface area (Å²) in [4.78, 5) is 27.7. The number of aromatic nitrogens is 1. The van der Waals surface area contributed by atoms with Crippen molar-refractivity contribution in [2.45, 2.75) is 12.8 Å². The number of hydrogen-bond donors (Lipinski definition) is 1. The van der Waals surface area contributed by atoms with Gasteiger partial charge in [-0.25, -0.2) is 13.8 Å². The van der Waals surface area contributed by atoms with Gasteiger partial charge in [-0.05, 0) is 12.1 Å². The second-order valence-electron chi connectivity index (χ2n) is 4.96. The molecule has 0 aliphatic carbocycles. The molecule has 6 nitrogen and oxygen atoms in total. The summed E-state index contributed by atoms with van der Waals surface area (Å²) < 4.78 is 31.9. The second-order valence-corrected chi connectivity index (χ2v) is 4.96. The van der Waals surface area contributed by atoms with Crippen LogP contribution in [-0.2, 0) is 16.0 Å². The molecule has 0 bridgehead atoms. The van der Waals surface area contributed by atoms with Crippen molar-refractivity contribution in [1.82, 2.24) is 9.88 Å². The summed E-state index contributed by atoms with van der Waals surface area (Å²) in [6, 6.07) is 3.11. The normalized spacial score (nSPS) is 10.6. The van der Waals surface area contributed by atoms with Gasteiger partial charge in [-0.1, -0.05) is 0 Å². The molecule has 0 saturated heterocycles. The van der Waals surface area contributed by atoms with Gasteiger partial charge in [0.15, 0.2) is 11.7 Å². The zero-order valence-electron chi connectivity index (χ0n) is 12.4. The molecule has 122 valence electrons. The van der Waals surface area contributed by atoms with Crippen molar-refractivity contribution in [3.8, 4) is 11.3 Å². The maximum absolute atomic E-state index is 13.7. The molecule has 23 heavy (non-hydrogen) atoms. The highest BCUT2D eigenvalue weighted by atomic mass is 19.1. The predicted molar refractivity (Wildman–Crippen MR) is 77.0 cm³/mol. The lowest BCUT2D eigenvalue weighted by Gasteiger charge is -2.14. The number of carbonyl (C=O) groups is 2. The van der Waals surface area contributed by atoms with Crippen molar-refractivity contribution < 1.29 is 22.8 Å². The molecule has 2 amide bonds. The van der Waals surface area contributed by atoms with Gasteiger partial charge in [0.05, 0.1) is 18.3 Å². The van der Waals surface area contributed by atoms with Crippen molar-refractivity contribution in [3.63, 3.8) is 0 Å². The number of hydrogen-bond acceptors (Lipinski definition) is 4. The molecule has 0 radical (unpaired) electrons. The lowest BCUT2D eigenvalue weighted by molar-refractivity contribution is -0.133. The van der Waals surface area contributed by atoms with Crippen LogP contribution in [0, 0.1) is 11.6 Å². The Kier molecular flexibility index (Phi) is 5.05. The first-order valence-corrected chi connectivity index (χ1v) is 6.79. The van der Waals surface area contributed by atoms with Crippen molar-refractivity contribution >= 4 is 11.8 Å². The minimum absolute atomic E-state index is 0.0651. The van der Waals surface area contributed by atoms with Crippen LogP contribution >= 0.6 is 0 Å². The Morgan fingerprint density at radius 2 is 2.09 bits per heavy atom. The average Bonchev–Trinajstić information content (AvgIpc) is 2.92. The molecule has 0 unspecified atom stereocenters. The van der Waals surface area contributed by atoms with Gasteiger partial charge in [-0.15, -0.1) is 0 Å².